The number of carboxylic acids is 1. The lowest BCUT2D eigenvalue weighted by Crippen LogP contribution is -2.10. The minimum absolute atomic E-state index is 0.218. The number of hydrogen-bond acceptors (Lipinski definition) is 2. The summed E-state index contributed by atoms with van der Waals surface area (Å²) < 4.78 is 46.7. The smallest absolute Gasteiger partial charge is 0.416 e. The average Bonchev–Trinajstić information content (AvgIpc) is 3.16. The first kappa shape index (κ1) is 17.2. The van der Waals surface area contributed by atoms with Crippen LogP contribution in [0.15, 0.2) is 53.1 Å². The highest BCUT2D eigenvalue weighted by Crippen LogP contribution is 2.34. The van der Waals surface area contributed by atoms with E-state index in [0.29, 0.717) is 17.4 Å². The molecule has 0 radical (unpaired) electrons. The number of hydrogen-bond donors (Lipinski definition) is 1. The van der Waals surface area contributed by atoms with E-state index in [4.69, 9.17) is 4.42 Å². The number of alkyl halides is 3. The van der Waals surface area contributed by atoms with Crippen molar-refractivity contribution in [2.24, 2.45) is 0 Å². The zero-order valence-electron chi connectivity index (χ0n) is 14.2. The Morgan fingerprint density at radius 3 is 2.59 bits per heavy atom. The van der Waals surface area contributed by atoms with E-state index in [-0.39, 0.29) is 17.4 Å². The van der Waals surface area contributed by atoms with Crippen molar-refractivity contribution in [3.05, 3.63) is 71.1 Å². The van der Waals surface area contributed by atoms with Crippen molar-refractivity contribution in [3.63, 3.8) is 0 Å². The quantitative estimate of drug-likeness (QED) is 0.519. The van der Waals surface area contributed by atoms with Crippen LogP contribution in [0.3, 0.4) is 0 Å². The maximum Gasteiger partial charge on any atom is 0.416 e. The maximum atomic E-state index is 13.1. The van der Waals surface area contributed by atoms with Crippen LogP contribution in [0, 0.1) is 6.92 Å². The van der Waals surface area contributed by atoms with Gasteiger partial charge in [0.2, 0.25) is 0 Å². The fourth-order valence-corrected chi connectivity index (χ4v) is 3.34. The molecule has 0 atom stereocenters. The third kappa shape index (κ3) is 2.85. The minimum Gasteiger partial charge on any atom is -0.478 e. The lowest BCUT2D eigenvalue weighted by atomic mass is 10.1. The second kappa shape index (κ2) is 5.90. The summed E-state index contributed by atoms with van der Waals surface area (Å²) in [7, 11) is 0. The second-order valence-electron chi connectivity index (χ2n) is 6.35. The van der Waals surface area contributed by atoms with Gasteiger partial charge in [0, 0.05) is 22.5 Å². The molecule has 4 nitrogen and oxygen atoms in total. The number of carbonyl (C=O) groups is 1. The third-order valence-corrected chi connectivity index (χ3v) is 4.67. The monoisotopic (exact) mass is 373 g/mol. The lowest BCUT2D eigenvalue weighted by Gasteiger charge is -2.11. The Hall–Kier alpha value is -3.22. The molecule has 0 aliphatic heterocycles. The summed E-state index contributed by atoms with van der Waals surface area (Å²) in [6.45, 7) is 2.11. The van der Waals surface area contributed by atoms with Crippen LogP contribution < -0.4 is 0 Å². The number of carboxylic acid groups (broad SMARTS) is 1. The highest BCUT2D eigenvalue weighted by molar-refractivity contribution is 6.03. The van der Waals surface area contributed by atoms with Crippen molar-refractivity contribution < 1.29 is 27.5 Å². The Bertz CT molecular complexity index is 1180. The van der Waals surface area contributed by atoms with E-state index in [1.54, 1.807) is 10.8 Å². The van der Waals surface area contributed by atoms with E-state index < -0.39 is 23.3 Å². The summed E-state index contributed by atoms with van der Waals surface area (Å²) >= 11 is 0. The Kier molecular flexibility index (Phi) is 3.76. The molecule has 2 aromatic heterocycles. The molecule has 0 aliphatic carbocycles. The Morgan fingerprint density at radius 1 is 1.19 bits per heavy atom. The first-order chi connectivity index (χ1) is 12.8. The van der Waals surface area contributed by atoms with Crippen molar-refractivity contribution >= 4 is 27.8 Å². The van der Waals surface area contributed by atoms with Gasteiger partial charge in [-0.1, -0.05) is 18.2 Å². The summed E-state index contributed by atoms with van der Waals surface area (Å²) in [6, 6.07) is 10.6. The van der Waals surface area contributed by atoms with Gasteiger partial charge < -0.3 is 14.1 Å². The molecule has 0 unspecified atom stereocenters. The number of rotatable bonds is 3. The summed E-state index contributed by atoms with van der Waals surface area (Å²) in [5, 5.41) is 10.6. The third-order valence-electron chi connectivity index (χ3n) is 4.67. The molecule has 0 amide bonds. The topological polar surface area (TPSA) is 55.4 Å². The number of para-hydroxylation sites is 1. The first-order valence-electron chi connectivity index (χ1n) is 8.16. The Labute approximate surface area is 151 Å². The standard InChI is InChI=1S/C20H14F3NO3/c1-11-14-4-2-3-5-16(14)27-17(11)10-24-7-6-12-8-13(20(21,22)23)9-15(18(12)24)19(25)26/h2-9H,10H2,1H3,(H,25,26). The molecule has 0 saturated heterocycles. The molecule has 2 aromatic carbocycles. The molecule has 0 saturated carbocycles. The van der Waals surface area contributed by atoms with Gasteiger partial charge in [-0.3, -0.25) is 0 Å². The van der Waals surface area contributed by atoms with Crippen LogP contribution in [0.2, 0.25) is 0 Å². The second-order valence-corrected chi connectivity index (χ2v) is 6.35. The van der Waals surface area contributed by atoms with Gasteiger partial charge in [0.15, 0.2) is 0 Å². The van der Waals surface area contributed by atoms with Crippen molar-refractivity contribution in [1.82, 2.24) is 4.57 Å². The van der Waals surface area contributed by atoms with E-state index in [1.165, 1.54) is 6.07 Å². The molecule has 0 bridgehead atoms. The van der Waals surface area contributed by atoms with Crippen LogP contribution in [0.1, 0.15) is 27.2 Å². The molecule has 7 heteroatoms. The summed E-state index contributed by atoms with van der Waals surface area (Å²) in [5.74, 6) is -0.780. The molecule has 27 heavy (non-hydrogen) atoms. The van der Waals surface area contributed by atoms with E-state index in [0.717, 1.165) is 17.0 Å². The number of nitrogens with zero attached hydrogens (tertiary/aromatic N) is 1. The summed E-state index contributed by atoms with van der Waals surface area (Å²) in [5.41, 5.74) is 0.481. The van der Waals surface area contributed by atoms with E-state index in [1.807, 2.05) is 31.2 Å². The van der Waals surface area contributed by atoms with Crippen LogP contribution in [-0.2, 0) is 12.7 Å². The molecular weight excluding hydrogens is 359 g/mol. The number of aryl methyl sites for hydroxylation is 1. The zero-order chi connectivity index (χ0) is 19.3. The molecule has 4 aromatic rings. The molecule has 138 valence electrons. The lowest BCUT2D eigenvalue weighted by molar-refractivity contribution is -0.137. The van der Waals surface area contributed by atoms with Gasteiger partial charge in [0.25, 0.3) is 0 Å². The highest BCUT2D eigenvalue weighted by Gasteiger charge is 2.32. The van der Waals surface area contributed by atoms with E-state index in [9.17, 15) is 23.1 Å². The van der Waals surface area contributed by atoms with Gasteiger partial charge in [-0.25, -0.2) is 4.79 Å². The average molecular weight is 373 g/mol. The van der Waals surface area contributed by atoms with Gasteiger partial charge in [-0.15, -0.1) is 0 Å². The Morgan fingerprint density at radius 2 is 1.93 bits per heavy atom. The van der Waals surface area contributed by atoms with Crippen molar-refractivity contribution in [2.45, 2.75) is 19.6 Å². The SMILES string of the molecule is Cc1c(Cn2ccc3cc(C(F)(F)F)cc(C(=O)O)c32)oc2ccccc12. The van der Waals surface area contributed by atoms with Gasteiger partial charge in [-0.2, -0.15) is 13.2 Å². The molecule has 2 heterocycles. The van der Waals surface area contributed by atoms with Crippen LogP contribution in [0.5, 0.6) is 0 Å². The van der Waals surface area contributed by atoms with E-state index >= 15 is 0 Å². The fraction of sp³-hybridized carbons (Fsp3) is 0.150. The van der Waals surface area contributed by atoms with Crippen LogP contribution in [-0.4, -0.2) is 15.6 Å². The van der Waals surface area contributed by atoms with Crippen LogP contribution in [0.4, 0.5) is 13.2 Å². The van der Waals surface area contributed by atoms with Gasteiger partial charge >= 0.3 is 12.1 Å². The predicted octanol–water partition coefficient (Wildman–Crippen LogP) is 5.46. The predicted molar refractivity (Wildman–Crippen MR) is 94.0 cm³/mol. The van der Waals surface area contributed by atoms with Crippen molar-refractivity contribution in [3.8, 4) is 0 Å². The maximum absolute atomic E-state index is 13.1. The first-order valence-corrected chi connectivity index (χ1v) is 8.16. The number of halogens is 3. The fourth-order valence-electron chi connectivity index (χ4n) is 3.34. The van der Waals surface area contributed by atoms with Crippen LogP contribution >= 0.6 is 0 Å². The number of aromatic carboxylic acids is 1. The number of furan rings is 1. The minimum atomic E-state index is -4.62. The molecule has 0 spiro atoms. The molecule has 0 aliphatic rings. The normalized spacial score (nSPS) is 12.1. The van der Waals surface area contributed by atoms with Gasteiger partial charge in [0.05, 0.1) is 23.2 Å². The van der Waals surface area contributed by atoms with E-state index in [2.05, 4.69) is 0 Å². The molecule has 1 N–H and O–H groups in total. The van der Waals surface area contributed by atoms with Gasteiger partial charge in [0.1, 0.15) is 11.3 Å². The molecule has 0 fully saturated rings. The summed E-state index contributed by atoms with van der Waals surface area (Å²) in [4.78, 5) is 11.6. The van der Waals surface area contributed by atoms with Crippen molar-refractivity contribution in [2.75, 3.05) is 0 Å². The zero-order valence-corrected chi connectivity index (χ0v) is 14.2. The number of aromatic nitrogens is 1. The Balaban J connectivity index is 1.87. The molecule has 4 rings (SSSR count). The van der Waals surface area contributed by atoms with Crippen molar-refractivity contribution in [1.29, 1.82) is 0 Å². The van der Waals surface area contributed by atoms with Gasteiger partial charge in [-0.05, 0) is 31.2 Å². The highest BCUT2D eigenvalue weighted by atomic mass is 19.4. The van der Waals surface area contributed by atoms with Crippen LogP contribution in [0.25, 0.3) is 21.9 Å². The number of fused-ring (bicyclic) bond motifs is 2. The molecular formula is C20H14F3NO3. The largest absolute Gasteiger partial charge is 0.478 e. The summed E-state index contributed by atoms with van der Waals surface area (Å²) in [6.07, 6.45) is -3.04. The number of benzene rings is 2.